The molecule has 0 bridgehead atoms. The van der Waals surface area contributed by atoms with Gasteiger partial charge in [-0.2, -0.15) is 0 Å². The van der Waals surface area contributed by atoms with E-state index < -0.39 is 0 Å². The highest BCUT2D eigenvalue weighted by Gasteiger charge is 2.20. The molecule has 0 aliphatic heterocycles. The topological polar surface area (TPSA) is 66.9 Å². The van der Waals surface area contributed by atoms with Crippen molar-refractivity contribution in [1.82, 2.24) is 15.3 Å². The fourth-order valence-corrected chi connectivity index (χ4v) is 1.55. The summed E-state index contributed by atoms with van der Waals surface area (Å²) < 4.78 is 0. The number of amides is 1. The van der Waals surface area contributed by atoms with E-state index in [-0.39, 0.29) is 5.91 Å². The van der Waals surface area contributed by atoms with Crippen molar-refractivity contribution < 1.29 is 4.79 Å². The standard InChI is InChI=1S/C11H16N4O/c1-2-13-10-7-12-6-9(15-10)11(16)14-8-4-3-5-8/h6-8H,2-5H2,1H3,(H,13,15)(H,14,16). The zero-order chi connectivity index (χ0) is 11.4. The summed E-state index contributed by atoms with van der Waals surface area (Å²) in [4.78, 5) is 19.9. The van der Waals surface area contributed by atoms with Crippen molar-refractivity contribution in [1.29, 1.82) is 0 Å². The van der Waals surface area contributed by atoms with E-state index in [1.807, 2.05) is 6.92 Å². The van der Waals surface area contributed by atoms with Gasteiger partial charge in [-0.3, -0.25) is 9.78 Å². The molecular formula is C11H16N4O. The molecule has 86 valence electrons. The maximum absolute atomic E-state index is 11.8. The number of anilines is 1. The molecule has 0 saturated heterocycles. The van der Waals surface area contributed by atoms with Crippen LogP contribution < -0.4 is 10.6 Å². The molecule has 1 heterocycles. The molecule has 0 aromatic carbocycles. The Morgan fingerprint density at radius 2 is 2.31 bits per heavy atom. The van der Waals surface area contributed by atoms with Crippen LogP contribution in [0.2, 0.25) is 0 Å². The molecule has 16 heavy (non-hydrogen) atoms. The summed E-state index contributed by atoms with van der Waals surface area (Å²) >= 11 is 0. The predicted molar refractivity (Wildman–Crippen MR) is 61.3 cm³/mol. The third-order valence-electron chi connectivity index (χ3n) is 2.67. The van der Waals surface area contributed by atoms with Crippen molar-refractivity contribution in [3.63, 3.8) is 0 Å². The first kappa shape index (κ1) is 10.9. The number of carbonyl (C=O) groups is 1. The summed E-state index contributed by atoms with van der Waals surface area (Å²) in [6, 6.07) is 0.331. The van der Waals surface area contributed by atoms with E-state index in [1.165, 1.54) is 12.6 Å². The molecule has 2 rings (SSSR count). The lowest BCUT2D eigenvalue weighted by Gasteiger charge is -2.26. The zero-order valence-corrected chi connectivity index (χ0v) is 9.36. The second-order valence-electron chi connectivity index (χ2n) is 3.92. The minimum atomic E-state index is -0.128. The summed E-state index contributed by atoms with van der Waals surface area (Å²) in [5.74, 6) is 0.515. The van der Waals surface area contributed by atoms with Gasteiger partial charge in [-0.15, -0.1) is 0 Å². The summed E-state index contributed by atoms with van der Waals surface area (Å²) in [6.07, 6.45) is 6.46. The summed E-state index contributed by atoms with van der Waals surface area (Å²) in [5, 5.41) is 5.96. The fraction of sp³-hybridized carbons (Fsp3) is 0.545. The molecule has 1 aliphatic rings. The molecule has 5 nitrogen and oxygen atoms in total. The first-order valence-corrected chi connectivity index (χ1v) is 5.66. The van der Waals surface area contributed by atoms with E-state index in [2.05, 4.69) is 20.6 Å². The number of aromatic nitrogens is 2. The lowest BCUT2D eigenvalue weighted by molar-refractivity contribution is 0.0911. The van der Waals surface area contributed by atoms with E-state index >= 15 is 0 Å². The molecule has 5 heteroatoms. The second kappa shape index (κ2) is 4.92. The van der Waals surface area contributed by atoms with Crippen molar-refractivity contribution in [3.05, 3.63) is 18.1 Å². The van der Waals surface area contributed by atoms with Crippen LogP contribution >= 0.6 is 0 Å². The highest BCUT2D eigenvalue weighted by molar-refractivity contribution is 5.92. The van der Waals surface area contributed by atoms with Crippen LogP contribution in [-0.4, -0.2) is 28.5 Å². The molecule has 0 unspecified atom stereocenters. The average Bonchev–Trinajstić information content (AvgIpc) is 2.24. The third kappa shape index (κ3) is 2.48. The van der Waals surface area contributed by atoms with Gasteiger partial charge in [-0.25, -0.2) is 4.98 Å². The first-order valence-electron chi connectivity index (χ1n) is 5.66. The Labute approximate surface area is 94.7 Å². The van der Waals surface area contributed by atoms with Crippen LogP contribution in [0.1, 0.15) is 36.7 Å². The van der Waals surface area contributed by atoms with Gasteiger partial charge in [-0.1, -0.05) is 0 Å². The van der Waals surface area contributed by atoms with Crippen LogP contribution in [-0.2, 0) is 0 Å². The Bertz CT molecular complexity index is 376. The molecule has 1 fully saturated rings. The molecule has 0 atom stereocenters. The maximum Gasteiger partial charge on any atom is 0.271 e. The maximum atomic E-state index is 11.8. The quantitative estimate of drug-likeness (QED) is 0.800. The molecule has 0 radical (unpaired) electrons. The van der Waals surface area contributed by atoms with E-state index in [0.717, 1.165) is 19.4 Å². The number of nitrogens with zero attached hydrogens (tertiary/aromatic N) is 2. The molecule has 1 aliphatic carbocycles. The molecule has 1 amide bonds. The van der Waals surface area contributed by atoms with Crippen LogP contribution in [0.4, 0.5) is 5.82 Å². The Balaban J connectivity index is 2.00. The molecule has 0 spiro atoms. The van der Waals surface area contributed by atoms with Gasteiger partial charge in [0.15, 0.2) is 0 Å². The third-order valence-corrected chi connectivity index (χ3v) is 2.67. The van der Waals surface area contributed by atoms with Crippen molar-refractivity contribution in [2.24, 2.45) is 0 Å². The van der Waals surface area contributed by atoms with Gasteiger partial charge in [-0.05, 0) is 26.2 Å². The normalized spacial score (nSPS) is 15.3. The van der Waals surface area contributed by atoms with Gasteiger partial charge in [0.2, 0.25) is 0 Å². The molecule has 1 aromatic rings. The number of carbonyl (C=O) groups excluding carboxylic acids is 1. The predicted octanol–water partition coefficient (Wildman–Crippen LogP) is 1.19. The fourth-order valence-electron chi connectivity index (χ4n) is 1.55. The van der Waals surface area contributed by atoms with Crippen molar-refractivity contribution in [3.8, 4) is 0 Å². The lowest BCUT2D eigenvalue weighted by Crippen LogP contribution is -2.39. The monoisotopic (exact) mass is 220 g/mol. The Kier molecular flexibility index (Phi) is 3.34. The zero-order valence-electron chi connectivity index (χ0n) is 9.36. The highest BCUT2D eigenvalue weighted by atomic mass is 16.1. The minimum absolute atomic E-state index is 0.128. The highest BCUT2D eigenvalue weighted by Crippen LogP contribution is 2.18. The molecule has 2 N–H and O–H groups in total. The summed E-state index contributed by atoms with van der Waals surface area (Å²) in [7, 11) is 0. The molecule has 1 aromatic heterocycles. The Hall–Kier alpha value is -1.65. The van der Waals surface area contributed by atoms with Gasteiger partial charge in [0.1, 0.15) is 11.5 Å². The number of nitrogens with one attached hydrogen (secondary N) is 2. The van der Waals surface area contributed by atoms with Crippen LogP contribution in [0.25, 0.3) is 0 Å². The number of hydrogen-bond donors (Lipinski definition) is 2. The minimum Gasteiger partial charge on any atom is -0.369 e. The molecule has 1 saturated carbocycles. The van der Waals surface area contributed by atoms with Crippen LogP contribution in [0, 0.1) is 0 Å². The van der Waals surface area contributed by atoms with Crippen molar-refractivity contribution in [2.45, 2.75) is 32.2 Å². The van der Waals surface area contributed by atoms with Crippen LogP contribution in [0.3, 0.4) is 0 Å². The number of hydrogen-bond acceptors (Lipinski definition) is 4. The largest absolute Gasteiger partial charge is 0.369 e. The van der Waals surface area contributed by atoms with E-state index in [1.54, 1.807) is 6.20 Å². The van der Waals surface area contributed by atoms with Crippen molar-refractivity contribution in [2.75, 3.05) is 11.9 Å². The van der Waals surface area contributed by atoms with Crippen molar-refractivity contribution >= 4 is 11.7 Å². The van der Waals surface area contributed by atoms with Gasteiger partial charge in [0, 0.05) is 12.6 Å². The van der Waals surface area contributed by atoms with E-state index in [0.29, 0.717) is 17.6 Å². The van der Waals surface area contributed by atoms with Crippen LogP contribution in [0.15, 0.2) is 12.4 Å². The van der Waals surface area contributed by atoms with Gasteiger partial charge in [0.05, 0.1) is 12.4 Å². The lowest BCUT2D eigenvalue weighted by atomic mass is 9.93. The Morgan fingerprint density at radius 1 is 1.50 bits per heavy atom. The average molecular weight is 220 g/mol. The first-order chi connectivity index (χ1) is 7.79. The summed E-state index contributed by atoms with van der Waals surface area (Å²) in [6.45, 7) is 2.74. The summed E-state index contributed by atoms with van der Waals surface area (Å²) in [5.41, 5.74) is 0.380. The van der Waals surface area contributed by atoms with Crippen LogP contribution in [0.5, 0.6) is 0 Å². The number of rotatable bonds is 4. The Morgan fingerprint density at radius 3 is 2.94 bits per heavy atom. The van der Waals surface area contributed by atoms with E-state index in [4.69, 9.17) is 0 Å². The van der Waals surface area contributed by atoms with Gasteiger partial charge >= 0.3 is 0 Å². The SMILES string of the molecule is CCNc1cncc(C(=O)NC2CCC2)n1. The molecular weight excluding hydrogens is 204 g/mol. The smallest absolute Gasteiger partial charge is 0.271 e. The second-order valence-corrected chi connectivity index (χ2v) is 3.92. The van der Waals surface area contributed by atoms with Gasteiger partial charge < -0.3 is 10.6 Å². The van der Waals surface area contributed by atoms with Gasteiger partial charge in [0.25, 0.3) is 5.91 Å². The van der Waals surface area contributed by atoms with E-state index in [9.17, 15) is 4.79 Å².